The number of nitrogens with zero attached hydrogens (tertiary/aromatic N) is 3. The molecule has 0 bridgehead atoms. The zero-order valence-electron chi connectivity index (χ0n) is 24.4. The summed E-state index contributed by atoms with van der Waals surface area (Å²) in [6, 6.07) is 4.09. The average Bonchev–Trinajstić information content (AvgIpc) is 3.11. The van der Waals surface area contributed by atoms with Gasteiger partial charge in [0.15, 0.2) is 0 Å². The number of hydrogen-bond donors (Lipinski definition) is 0. The Balaban J connectivity index is 1.90. The predicted octanol–water partition coefficient (Wildman–Crippen LogP) is 2.63. The zero-order valence-corrected chi connectivity index (χ0v) is 15.4. The van der Waals surface area contributed by atoms with Crippen LogP contribution in [0.5, 0.6) is 0 Å². The first kappa shape index (κ1) is 11.6. The molecule has 154 valence electrons. The molecule has 0 spiro atoms. The summed E-state index contributed by atoms with van der Waals surface area (Å²) in [4.78, 5) is 28.2. The Morgan fingerprint density at radius 3 is 2.68 bits per heavy atom. The van der Waals surface area contributed by atoms with Gasteiger partial charge in [-0.25, -0.2) is 9.18 Å². The lowest BCUT2D eigenvalue weighted by Gasteiger charge is -2.36. The molecule has 1 aromatic carbocycles. The molecule has 2 amide bonds. The van der Waals surface area contributed by atoms with Gasteiger partial charge in [-0.05, 0) is 38.8 Å². The highest BCUT2D eigenvalue weighted by Gasteiger charge is 2.36. The molecular formula is C20H28FN3O4. The van der Waals surface area contributed by atoms with Crippen molar-refractivity contribution in [3.63, 3.8) is 0 Å². The number of hydrogen-bond acceptors (Lipinski definition) is 5. The molecular weight excluding hydrogens is 365 g/mol. The molecule has 8 heteroatoms. The van der Waals surface area contributed by atoms with E-state index >= 15 is 0 Å². The minimum Gasteiger partial charge on any atom is -0.442 e. The molecule has 0 saturated carbocycles. The first-order valence-corrected chi connectivity index (χ1v) is 8.80. The van der Waals surface area contributed by atoms with E-state index in [1.54, 1.807) is 4.90 Å². The molecule has 0 radical (unpaired) electrons. The number of cyclic esters (lactones) is 1. The van der Waals surface area contributed by atoms with Crippen LogP contribution < -0.4 is 9.80 Å². The number of ether oxygens (including phenoxy) is 2. The smallest absolute Gasteiger partial charge is 0.414 e. The largest absolute Gasteiger partial charge is 0.442 e. The number of rotatable bonds is 4. The molecule has 28 heavy (non-hydrogen) atoms. The average molecular weight is 403 g/mol. The standard InChI is InChI=1S/C20H28FN3O4/c1-14(25)24(20(2,3)4)13-16-12-23(19(26)28-16)15-5-6-18(17(21)11-15)22-7-9-27-10-8-22/h5-6,11,16H,7-10,12-13H2,1-4H3/t16-/m1/s1/i2D3,3D3,4D3. The summed E-state index contributed by atoms with van der Waals surface area (Å²) < 4.78 is 95.9. The lowest BCUT2D eigenvalue weighted by molar-refractivity contribution is -0.135. The van der Waals surface area contributed by atoms with Crippen LogP contribution in [0.25, 0.3) is 0 Å². The Morgan fingerprint density at radius 2 is 2.07 bits per heavy atom. The molecule has 0 N–H and O–H groups in total. The summed E-state index contributed by atoms with van der Waals surface area (Å²) in [5, 5.41) is 0. The zero-order chi connectivity index (χ0) is 28.0. The van der Waals surface area contributed by atoms with Crippen molar-refractivity contribution in [2.24, 2.45) is 0 Å². The lowest BCUT2D eigenvalue weighted by atomic mass is 10.1. The lowest BCUT2D eigenvalue weighted by Crippen LogP contribution is -2.48. The normalized spacial score (nSPS) is 26.4. The van der Waals surface area contributed by atoms with Gasteiger partial charge in [-0.3, -0.25) is 9.69 Å². The molecule has 2 aliphatic heterocycles. The van der Waals surface area contributed by atoms with E-state index in [0.717, 1.165) is 17.9 Å². The van der Waals surface area contributed by atoms with E-state index < -0.39 is 56.6 Å². The minimum absolute atomic E-state index is 0.116. The van der Waals surface area contributed by atoms with Crippen molar-refractivity contribution >= 4 is 23.4 Å². The summed E-state index contributed by atoms with van der Waals surface area (Å²) in [5.74, 6) is -1.74. The van der Waals surface area contributed by atoms with E-state index in [-0.39, 0.29) is 17.1 Å². The number of amides is 2. The van der Waals surface area contributed by atoms with Crippen molar-refractivity contribution in [2.45, 2.75) is 39.1 Å². The highest BCUT2D eigenvalue weighted by atomic mass is 19.1. The molecule has 1 atom stereocenters. The van der Waals surface area contributed by atoms with Gasteiger partial charge in [0.1, 0.15) is 11.9 Å². The van der Waals surface area contributed by atoms with Gasteiger partial charge < -0.3 is 19.3 Å². The van der Waals surface area contributed by atoms with Crippen molar-refractivity contribution in [2.75, 3.05) is 49.2 Å². The van der Waals surface area contributed by atoms with Crippen LogP contribution in [-0.2, 0) is 14.3 Å². The van der Waals surface area contributed by atoms with Gasteiger partial charge in [0.05, 0.1) is 37.7 Å². The van der Waals surface area contributed by atoms with Gasteiger partial charge in [-0.1, -0.05) is 0 Å². The maximum Gasteiger partial charge on any atom is 0.414 e. The Kier molecular flexibility index (Phi) is 3.29. The predicted molar refractivity (Wildman–Crippen MR) is 104 cm³/mol. The molecule has 7 nitrogen and oxygen atoms in total. The number of carbonyl (C=O) groups excluding carboxylic acids is 2. The van der Waals surface area contributed by atoms with Crippen molar-refractivity contribution < 1.29 is 35.8 Å². The second kappa shape index (κ2) is 7.95. The van der Waals surface area contributed by atoms with E-state index in [9.17, 15) is 14.0 Å². The van der Waals surface area contributed by atoms with Gasteiger partial charge in [0, 0.05) is 37.9 Å². The number of halogens is 1. The number of carbonyl (C=O) groups is 2. The van der Waals surface area contributed by atoms with Crippen LogP contribution in [0, 0.1) is 5.82 Å². The van der Waals surface area contributed by atoms with Gasteiger partial charge in [-0.15, -0.1) is 0 Å². The first-order chi connectivity index (χ1) is 16.9. The molecule has 2 saturated heterocycles. The monoisotopic (exact) mass is 402 g/mol. The topological polar surface area (TPSA) is 62.3 Å². The van der Waals surface area contributed by atoms with Crippen molar-refractivity contribution in [3.05, 3.63) is 24.0 Å². The molecule has 0 aliphatic carbocycles. The van der Waals surface area contributed by atoms with E-state index in [1.165, 1.54) is 12.1 Å². The van der Waals surface area contributed by atoms with Crippen LogP contribution >= 0.6 is 0 Å². The van der Waals surface area contributed by atoms with Gasteiger partial charge in [-0.2, -0.15) is 0 Å². The molecule has 3 rings (SSSR count). The summed E-state index contributed by atoms with van der Waals surface area (Å²) in [5.41, 5.74) is -3.13. The van der Waals surface area contributed by atoms with E-state index in [1.807, 2.05) is 0 Å². The second-order valence-electron chi connectivity index (χ2n) is 6.69. The Hall–Kier alpha value is -2.35. The van der Waals surface area contributed by atoms with Crippen molar-refractivity contribution in [1.82, 2.24) is 4.90 Å². The summed E-state index contributed by atoms with van der Waals surface area (Å²) >= 11 is 0. The van der Waals surface area contributed by atoms with Crippen LogP contribution in [0.3, 0.4) is 0 Å². The number of benzene rings is 1. The SMILES string of the molecule is [2H]C([2H])([2H])C(N(C[C@H]1CN(c2ccc(N3CCOCC3)c(F)c2)C(=O)O1)C(C)=O)(C([2H])([2H])[2H])C([2H])([2H])[2H]. The fourth-order valence-electron chi connectivity index (χ4n) is 3.26. The quantitative estimate of drug-likeness (QED) is 0.775. The number of anilines is 2. The van der Waals surface area contributed by atoms with Crippen LogP contribution in [0.1, 0.15) is 39.8 Å². The molecule has 0 aromatic heterocycles. The van der Waals surface area contributed by atoms with Crippen molar-refractivity contribution in [3.8, 4) is 0 Å². The van der Waals surface area contributed by atoms with Crippen LogP contribution in [0.4, 0.5) is 20.6 Å². The highest BCUT2D eigenvalue weighted by Crippen LogP contribution is 2.29. The molecule has 2 fully saturated rings. The maximum atomic E-state index is 14.9. The van der Waals surface area contributed by atoms with Crippen LogP contribution in [-0.4, -0.2) is 67.9 Å². The van der Waals surface area contributed by atoms with Gasteiger partial charge in [0.25, 0.3) is 0 Å². The summed E-state index contributed by atoms with van der Waals surface area (Å²) in [7, 11) is 0. The Morgan fingerprint density at radius 1 is 1.36 bits per heavy atom. The van der Waals surface area contributed by atoms with Crippen LogP contribution in [0.15, 0.2) is 18.2 Å². The third-order valence-corrected chi connectivity index (χ3v) is 4.64. The van der Waals surface area contributed by atoms with Crippen molar-refractivity contribution in [1.29, 1.82) is 0 Å². The second-order valence-corrected chi connectivity index (χ2v) is 6.69. The maximum absolute atomic E-state index is 14.9. The fraction of sp³-hybridized carbons (Fsp3) is 0.600. The highest BCUT2D eigenvalue weighted by molar-refractivity contribution is 5.90. The fourth-order valence-corrected chi connectivity index (χ4v) is 3.26. The molecule has 2 aliphatic rings. The Labute approximate surface area is 177 Å². The third-order valence-electron chi connectivity index (χ3n) is 4.64. The first-order valence-electron chi connectivity index (χ1n) is 13.3. The van der Waals surface area contributed by atoms with Crippen LogP contribution in [0.2, 0.25) is 0 Å². The Bertz CT molecular complexity index is 990. The molecule has 2 heterocycles. The minimum atomic E-state index is -3.66. The van der Waals surface area contributed by atoms with Gasteiger partial charge >= 0.3 is 6.09 Å². The van der Waals surface area contributed by atoms with E-state index in [0.29, 0.717) is 32.0 Å². The molecule has 1 aromatic rings. The number of morpholine rings is 1. The van der Waals surface area contributed by atoms with E-state index in [4.69, 9.17) is 21.8 Å². The third kappa shape index (κ3) is 4.38. The van der Waals surface area contributed by atoms with Gasteiger partial charge in [0.2, 0.25) is 5.91 Å². The molecule has 0 unspecified atom stereocenters. The van der Waals surface area contributed by atoms with E-state index in [2.05, 4.69) is 0 Å². The summed E-state index contributed by atoms with van der Waals surface area (Å²) in [6.07, 6.45) is -2.24. The summed E-state index contributed by atoms with van der Waals surface area (Å²) in [6.45, 7) is -9.39.